The Morgan fingerprint density at radius 3 is 2.48 bits per heavy atom. The summed E-state index contributed by atoms with van der Waals surface area (Å²) in [5.74, 6) is -0.874. The highest BCUT2D eigenvalue weighted by Crippen LogP contribution is 2.34. The lowest BCUT2D eigenvalue weighted by Gasteiger charge is -2.06. The average Bonchev–Trinajstić information content (AvgIpc) is 2.98. The number of amides is 2. The Bertz CT molecular complexity index is 981. The van der Waals surface area contributed by atoms with Crippen LogP contribution in [0, 0.1) is 17.0 Å². The van der Waals surface area contributed by atoms with Gasteiger partial charge >= 0.3 is 12.0 Å². The number of esters is 1. The molecule has 0 saturated carbocycles. The van der Waals surface area contributed by atoms with E-state index in [1.165, 1.54) is 37.4 Å². The van der Waals surface area contributed by atoms with Crippen molar-refractivity contribution in [3.05, 3.63) is 55.9 Å². The molecule has 29 heavy (non-hydrogen) atoms. The third-order valence-corrected chi connectivity index (χ3v) is 4.96. The zero-order valence-electron chi connectivity index (χ0n) is 15.8. The number of urea groups is 1. The number of hydrogen-bond donors (Lipinski definition) is 2. The fourth-order valence-electron chi connectivity index (χ4n) is 2.37. The van der Waals surface area contributed by atoms with E-state index in [9.17, 15) is 24.5 Å². The van der Waals surface area contributed by atoms with Gasteiger partial charge in [-0.2, -0.15) is 5.10 Å². The Kier molecular flexibility index (Phi) is 7.15. The summed E-state index contributed by atoms with van der Waals surface area (Å²) in [4.78, 5) is 46.5. The highest BCUT2D eigenvalue weighted by molar-refractivity contribution is 7.18. The summed E-state index contributed by atoms with van der Waals surface area (Å²) in [6, 6.07) is 4.84. The monoisotopic (exact) mass is 418 g/mol. The lowest BCUT2D eigenvalue weighted by Crippen LogP contribution is -2.24. The Labute approximate surface area is 169 Å². The number of anilines is 1. The van der Waals surface area contributed by atoms with Crippen LogP contribution in [0.1, 0.15) is 45.0 Å². The molecule has 0 bridgehead atoms. The molecule has 0 saturated heterocycles. The van der Waals surface area contributed by atoms with E-state index in [1.807, 2.05) is 0 Å². The third kappa shape index (κ3) is 5.45. The summed E-state index contributed by atoms with van der Waals surface area (Å²) in [5.41, 5.74) is 3.26. The number of Topliss-reactive ketones (excluding diaryl/α,β-unsaturated/α-hetero) is 1. The Balaban J connectivity index is 2.11. The van der Waals surface area contributed by atoms with Crippen molar-refractivity contribution in [1.29, 1.82) is 0 Å². The van der Waals surface area contributed by atoms with Crippen LogP contribution in [0.2, 0.25) is 0 Å². The van der Waals surface area contributed by atoms with Gasteiger partial charge in [0.2, 0.25) is 0 Å². The van der Waals surface area contributed by atoms with Gasteiger partial charge in [-0.1, -0.05) is 0 Å². The molecule has 0 fully saturated rings. The van der Waals surface area contributed by atoms with Crippen molar-refractivity contribution >= 4 is 46.0 Å². The first kappa shape index (κ1) is 21.7. The van der Waals surface area contributed by atoms with Crippen LogP contribution in [-0.2, 0) is 4.74 Å². The summed E-state index contributed by atoms with van der Waals surface area (Å²) >= 11 is 0.973. The largest absolute Gasteiger partial charge is 0.462 e. The molecular formula is C18H18N4O6S. The molecule has 2 aromatic rings. The Morgan fingerprint density at radius 1 is 1.28 bits per heavy atom. The lowest BCUT2D eigenvalue weighted by atomic mass is 10.1. The van der Waals surface area contributed by atoms with E-state index in [2.05, 4.69) is 15.8 Å². The van der Waals surface area contributed by atoms with Gasteiger partial charge in [-0.05, 0) is 44.0 Å². The lowest BCUT2D eigenvalue weighted by molar-refractivity contribution is -0.384. The van der Waals surface area contributed by atoms with E-state index in [4.69, 9.17) is 4.74 Å². The van der Waals surface area contributed by atoms with E-state index >= 15 is 0 Å². The standard InChI is InChI=1S/C18H18N4O6S/c1-4-28-17(24)14-10(2)15(11(3)23)29-16(14)20-18(25)21-19-9-12-5-7-13(8-6-12)22(26)27/h5-9H,4H2,1-3H3,(H2,20,21,25). The molecule has 1 heterocycles. The molecule has 10 nitrogen and oxygen atoms in total. The minimum atomic E-state index is -0.731. The van der Waals surface area contributed by atoms with Crippen LogP contribution < -0.4 is 10.7 Å². The molecule has 2 N–H and O–H groups in total. The van der Waals surface area contributed by atoms with Gasteiger partial charge < -0.3 is 4.74 Å². The number of non-ortho nitro benzene ring substituents is 1. The molecular weight excluding hydrogens is 400 g/mol. The number of carbonyl (C=O) groups excluding carboxylic acids is 3. The van der Waals surface area contributed by atoms with Gasteiger partial charge in [0.25, 0.3) is 5.69 Å². The van der Waals surface area contributed by atoms with Crippen LogP contribution in [0.4, 0.5) is 15.5 Å². The van der Waals surface area contributed by atoms with Crippen molar-refractivity contribution < 1.29 is 24.0 Å². The molecule has 1 aromatic carbocycles. The SMILES string of the molecule is CCOC(=O)c1c(NC(=O)NN=Cc2ccc([N+](=O)[O-])cc2)sc(C(C)=O)c1C. The predicted octanol–water partition coefficient (Wildman–Crippen LogP) is 3.50. The van der Waals surface area contributed by atoms with Crippen LogP contribution >= 0.6 is 11.3 Å². The van der Waals surface area contributed by atoms with Crippen molar-refractivity contribution in [2.24, 2.45) is 5.10 Å². The summed E-state index contributed by atoms with van der Waals surface area (Å²) < 4.78 is 5.00. The van der Waals surface area contributed by atoms with Crippen LogP contribution in [0.15, 0.2) is 29.4 Å². The first-order valence-corrected chi connectivity index (χ1v) is 9.22. The van der Waals surface area contributed by atoms with E-state index in [0.717, 1.165) is 11.3 Å². The number of nitro groups is 1. The molecule has 0 aliphatic rings. The summed E-state index contributed by atoms with van der Waals surface area (Å²) in [5, 5.41) is 17.0. The summed E-state index contributed by atoms with van der Waals surface area (Å²) in [6.45, 7) is 4.77. The second-order valence-corrected chi connectivity index (χ2v) is 6.73. The Hall–Kier alpha value is -3.60. The molecule has 0 atom stereocenters. The third-order valence-electron chi connectivity index (χ3n) is 3.66. The molecule has 0 spiro atoms. The molecule has 2 rings (SSSR count). The second-order valence-electron chi connectivity index (χ2n) is 5.71. The molecule has 0 radical (unpaired) electrons. The van der Waals surface area contributed by atoms with Gasteiger partial charge in [-0.15, -0.1) is 11.3 Å². The van der Waals surface area contributed by atoms with E-state index < -0.39 is 16.9 Å². The van der Waals surface area contributed by atoms with Crippen LogP contribution in [-0.4, -0.2) is 35.5 Å². The van der Waals surface area contributed by atoms with Gasteiger partial charge in [0.15, 0.2) is 5.78 Å². The molecule has 0 unspecified atom stereocenters. The van der Waals surface area contributed by atoms with Crippen LogP contribution in [0.25, 0.3) is 0 Å². The topological polar surface area (TPSA) is 140 Å². The normalized spacial score (nSPS) is 10.6. The maximum absolute atomic E-state index is 12.2. The predicted molar refractivity (Wildman–Crippen MR) is 108 cm³/mol. The number of rotatable bonds is 7. The molecule has 1 aromatic heterocycles. The van der Waals surface area contributed by atoms with Gasteiger partial charge in [-0.25, -0.2) is 15.0 Å². The number of benzene rings is 1. The number of ether oxygens (including phenoxy) is 1. The molecule has 2 amide bonds. The fourth-order valence-corrected chi connectivity index (χ4v) is 3.45. The second kappa shape index (κ2) is 9.55. The number of thiophene rings is 1. The highest BCUT2D eigenvalue weighted by Gasteiger charge is 2.25. The van der Waals surface area contributed by atoms with Gasteiger partial charge in [0.05, 0.1) is 28.2 Å². The average molecular weight is 418 g/mol. The number of carbonyl (C=O) groups is 3. The first-order chi connectivity index (χ1) is 13.7. The van der Waals surface area contributed by atoms with Crippen molar-refractivity contribution in [3.63, 3.8) is 0 Å². The van der Waals surface area contributed by atoms with E-state index in [0.29, 0.717) is 16.0 Å². The van der Waals surface area contributed by atoms with Gasteiger partial charge in [0.1, 0.15) is 5.00 Å². The highest BCUT2D eigenvalue weighted by atomic mass is 32.1. The van der Waals surface area contributed by atoms with Crippen molar-refractivity contribution in [2.45, 2.75) is 20.8 Å². The molecule has 0 aliphatic carbocycles. The number of hydrogen-bond acceptors (Lipinski definition) is 8. The summed E-state index contributed by atoms with van der Waals surface area (Å²) in [6.07, 6.45) is 1.30. The van der Waals surface area contributed by atoms with Crippen molar-refractivity contribution in [3.8, 4) is 0 Å². The smallest absolute Gasteiger partial charge is 0.341 e. The zero-order chi connectivity index (χ0) is 21.6. The number of ketones is 1. The molecule has 152 valence electrons. The van der Waals surface area contributed by atoms with E-state index in [1.54, 1.807) is 13.8 Å². The van der Waals surface area contributed by atoms with Crippen LogP contribution in [0.3, 0.4) is 0 Å². The van der Waals surface area contributed by atoms with Crippen molar-refractivity contribution in [2.75, 3.05) is 11.9 Å². The maximum Gasteiger partial charge on any atom is 0.341 e. The fraction of sp³-hybridized carbons (Fsp3) is 0.222. The number of nitro benzene ring substituents is 1. The number of nitrogens with one attached hydrogen (secondary N) is 2. The van der Waals surface area contributed by atoms with Crippen molar-refractivity contribution in [1.82, 2.24) is 5.43 Å². The number of hydrazone groups is 1. The molecule has 11 heteroatoms. The number of nitrogens with zero attached hydrogens (tertiary/aromatic N) is 2. The van der Waals surface area contributed by atoms with Crippen LogP contribution in [0.5, 0.6) is 0 Å². The van der Waals surface area contributed by atoms with Gasteiger partial charge in [-0.3, -0.25) is 20.2 Å². The minimum absolute atomic E-state index is 0.0614. The molecule has 0 aliphatic heterocycles. The zero-order valence-corrected chi connectivity index (χ0v) is 16.7. The first-order valence-electron chi connectivity index (χ1n) is 8.40. The minimum Gasteiger partial charge on any atom is -0.462 e. The summed E-state index contributed by atoms with van der Waals surface area (Å²) in [7, 11) is 0. The quantitative estimate of drug-likeness (QED) is 0.232. The van der Waals surface area contributed by atoms with E-state index in [-0.39, 0.29) is 28.6 Å². The van der Waals surface area contributed by atoms with Gasteiger partial charge in [0, 0.05) is 12.1 Å². The maximum atomic E-state index is 12.2. The Morgan fingerprint density at radius 2 is 1.93 bits per heavy atom.